The van der Waals surface area contributed by atoms with E-state index in [4.69, 9.17) is 0 Å². The summed E-state index contributed by atoms with van der Waals surface area (Å²) in [6, 6.07) is 74.0. The number of fused-ring (bicyclic) bond motifs is 4. The summed E-state index contributed by atoms with van der Waals surface area (Å²) in [5, 5.41) is 0. The van der Waals surface area contributed by atoms with Crippen LogP contribution in [0.4, 0.5) is 0 Å². The number of halogens is 4. The van der Waals surface area contributed by atoms with E-state index < -0.39 is 41.4 Å². The Morgan fingerprint density at radius 1 is 0.293 bits per heavy atom. The van der Waals surface area contributed by atoms with Crippen molar-refractivity contribution in [1.82, 2.24) is 0 Å². The number of hydrogen-bond donors (Lipinski definition) is 0. The summed E-state index contributed by atoms with van der Waals surface area (Å²) in [5.74, 6) is 0. The average molecular weight is 1350 g/mol. The molecule has 4 unspecified atom stereocenters. The Kier molecular flexibility index (Phi) is 15.3. The fourth-order valence-electron chi connectivity index (χ4n) is 18.0. The molecule has 4 aliphatic rings. The summed E-state index contributed by atoms with van der Waals surface area (Å²) in [6.07, 6.45) is 13.6. The second kappa shape index (κ2) is 21.5. The normalized spacial score (nSPS) is 20.1. The number of benzene rings is 8. The fraction of sp³-hybridized carbons (Fsp3) is 0.243. The van der Waals surface area contributed by atoms with Crippen LogP contribution in [0.2, 0.25) is 20.3 Å². The molecule has 4 aliphatic carbocycles. The molecule has 82 heavy (non-hydrogen) atoms. The van der Waals surface area contributed by atoms with Gasteiger partial charge in [0, 0.05) is 0 Å². The van der Waals surface area contributed by atoms with Gasteiger partial charge in [0.25, 0.3) is 0 Å². The Morgan fingerprint density at radius 3 is 0.707 bits per heavy atom. The van der Waals surface area contributed by atoms with Gasteiger partial charge in [-0.05, 0) is 0 Å². The van der Waals surface area contributed by atoms with Gasteiger partial charge in [0.15, 0.2) is 0 Å². The topological polar surface area (TPSA) is 0 Å². The second-order valence-corrected chi connectivity index (χ2v) is 130. The van der Waals surface area contributed by atoms with Crippen molar-refractivity contribution < 1.29 is 28.1 Å². The molecule has 0 radical (unpaired) electrons. The average Bonchev–Trinajstić information content (AvgIpc) is 1.27. The van der Waals surface area contributed by atoms with Crippen LogP contribution in [-0.2, 0) is 28.1 Å². The van der Waals surface area contributed by atoms with Gasteiger partial charge in [-0.25, -0.2) is 0 Å². The molecule has 12 rings (SSSR count). The van der Waals surface area contributed by atoms with E-state index in [0.29, 0.717) is 8.26 Å². The van der Waals surface area contributed by atoms with E-state index in [-0.39, 0.29) is 14.5 Å². The fourth-order valence-corrected chi connectivity index (χ4v) is 167. The van der Waals surface area contributed by atoms with Crippen molar-refractivity contribution in [1.29, 1.82) is 0 Å². The first-order valence-corrected chi connectivity index (χ1v) is 66.4. The maximum atomic E-state index is 10.3. The Morgan fingerprint density at radius 2 is 0.512 bits per heavy atom. The predicted molar refractivity (Wildman–Crippen MR) is 363 cm³/mol. The third-order valence-electron chi connectivity index (χ3n) is 21.0. The summed E-state index contributed by atoms with van der Waals surface area (Å²) in [6.45, 7) is 11.5. The van der Waals surface area contributed by atoms with E-state index >= 15 is 0 Å². The summed E-state index contributed by atoms with van der Waals surface area (Å²) < 4.78 is 0.639. The van der Waals surface area contributed by atoms with Gasteiger partial charge in [-0.2, -0.15) is 0 Å². The molecule has 0 aliphatic heterocycles. The quantitative estimate of drug-likeness (QED) is 0.0708. The summed E-state index contributed by atoms with van der Waals surface area (Å²) in [5.41, 5.74) is 25.7. The van der Waals surface area contributed by atoms with Crippen molar-refractivity contribution >= 4 is 71.6 Å². The first-order chi connectivity index (χ1) is 39.6. The van der Waals surface area contributed by atoms with Crippen LogP contribution in [-0.4, -0.2) is 13.3 Å². The van der Waals surface area contributed by atoms with Crippen LogP contribution < -0.4 is 0 Å². The molecule has 0 fully saturated rings. The van der Waals surface area contributed by atoms with Gasteiger partial charge in [-0.1, -0.05) is 0 Å². The third-order valence-corrected chi connectivity index (χ3v) is 126. The second-order valence-electron chi connectivity index (χ2n) is 25.3. The van der Waals surface area contributed by atoms with Gasteiger partial charge in [0.2, 0.25) is 0 Å². The van der Waals surface area contributed by atoms with Crippen LogP contribution in [0.5, 0.6) is 0 Å². The molecule has 418 valence electrons. The van der Waals surface area contributed by atoms with Gasteiger partial charge in [0.1, 0.15) is 0 Å². The van der Waals surface area contributed by atoms with Gasteiger partial charge < -0.3 is 0 Å². The van der Waals surface area contributed by atoms with Gasteiger partial charge in [0.05, 0.1) is 0 Å². The maximum absolute atomic E-state index is 10.3. The molecule has 0 nitrogen and oxygen atoms in total. The zero-order chi connectivity index (χ0) is 57.2. The number of allylic oxidation sites excluding steroid dienone is 4. The number of hydrogen-bond acceptors (Lipinski definition) is 0. The molecule has 0 N–H and O–H groups in total. The summed E-state index contributed by atoms with van der Waals surface area (Å²) in [7, 11) is 41.2. The molecule has 0 aromatic heterocycles. The van der Waals surface area contributed by atoms with Gasteiger partial charge >= 0.3 is 507 Å². The third kappa shape index (κ3) is 8.94. The molecule has 8 aromatic carbocycles. The molecular formula is C74H78Cl4Si2Zr2. The summed E-state index contributed by atoms with van der Waals surface area (Å²) >= 11 is -13.1. The molecule has 0 saturated carbocycles. The monoisotopic (exact) mass is 1340 g/mol. The molecule has 0 saturated heterocycles. The SMILES string of the molecule is CC[SiH2][Zr]([Cl])([Cl])([CH2][CH2][Zr]([Cl])([Cl])([SiH2]CC)([CH]1C(CC)=Cc2c(-c3ccccc3)cccc21)[CH]1C(CC)=Cc2c(-c3ccccc3)cccc21)([CH]1C(CC)=Cc2c(-c3ccccc3)cccc21)[CH]1C(CC)=Cc2c(-c3ccccc3)cccc21. The molecule has 0 amide bonds. The van der Waals surface area contributed by atoms with E-state index in [1.165, 1.54) is 111 Å². The first-order valence-electron chi connectivity index (χ1n) is 30.7. The van der Waals surface area contributed by atoms with Crippen molar-refractivity contribution in [3.05, 3.63) is 261 Å². The van der Waals surface area contributed by atoms with Crippen LogP contribution in [0.3, 0.4) is 0 Å². The first kappa shape index (κ1) is 58.5. The van der Waals surface area contributed by atoms with Crippen molar-refractivity contribution in [2.45, 2.75) is 102 Å². The zero-order valence-electron chi connectivity index (χ0n) is 48.7. The Hall–Kier alpha value is -3.92. The zero-order valence-corrected chi connectivity index (χ0v) is 59.4. The molecule has 8 heteroatoms. The predicted octanol–water partition coefficient (Wildman–Crippen LogP) is 22.8. The molecule has 4 atom stereocenters. The van der Waals surface area contributed by atoms with E-state index in [2.05, 4.69) is 260 Å². The number of rotatable bonds is 19. The van der Waals surface area contributed by atoms with Crippen molar-refractivity contribution in [3.8, 4) is 44.5 Å². The minimum absolute atomic E-state index is 0.166. The van der Waals surface area contributed by atoms with Crippen LogP contribution in [0.25, 0.3) is 68.8 Å². The van der Waals surface area contributed by atoms with Crippen molar-refractivity contribution in [2.24, 2.45) is 0 Å². The minimum atomic E-state index is -6.53. The Balaban J connectivity index is 1.20. The van der Waals surface area contributed by atoms with E-state index in [1.54, 1.807) is 0 Å². The van der Waals surface area contributed by atoms with Crippen LogP contribution >= 0.6 is 34.1 Å². The van der Waals surface area contributed by atoms with Crippen molar-refractivity contribution in [2.75, 3.05) is 0 Å². The van der Waals surface area contributed by atoms with Crippen LogP contribution in [0.15, 0.2) is 216 Å². The van der Waals surface area contributed by atoms with Crippen LogP contribution in [0.1, 0.15) is 126 Å². The molecular weight excluding hydrogens is 1270 g/mol. The van der Waals surface area contributed by atoms with Crippen molar-refractivity contribution in [3.63, 3.8) is 0 Å². The molecule has 0 heterocycles. The van der Waals surface area contributed by atoms with E-state index in [1.807, 2.05) is 0 Å². The standard InChI is InChI=1S/4C17H15.2C2H7Si.C2H4.4ClH.2Zr/c4*1-2-13-11-15-9-6-10-16(17(15)12-13)14-7-4-3-5-8-14;2*1-2-3;1-2;;;;;;/h4*3-12H,2H2,1H3;2*2-3H2,1H3;1-2H2;4*1H;;/q;;;;;;;;;;;2*+2/p-4. The molecule has 8 aromatic rings. The summed E-state index contributed by atoms with van der Waals surface area (Å²) in [4.78, 5) is 0. The van der Waals surface area contributed by atoms with Gasteiger partial charge in [-0.3, -0.25) is 0 Å². The van der Waals surface area contributed by atoms with Crippen LogP contribution in [0, 0.1) is 0 Å². The van der Waals surface area contributed by atoms with E-state index in [0.717, 1.165) is 37.8 Å². The molecule has 0 bridgehead atoms. The Bertz CT molecular complexity index is 3460. The van der Waals surface area contributed by atoms with E-state index in [9.17, 15) is 34.1 Å². The Labute approximate surface area is 501 Å². The molecule has 0 spiro atoms. The van der Waals surface area contributed by atoms with Gasteiger partial charge in [-0.15, -0.1) is 0 Å².